The van der Waals surface area contributed by atoms with Gasteiger partial charge in [0.05, 0.1) is 11.5 Å². The molecule has 0 bridgehead atoms. The molecule has 8 nitrogen and oxygen atoms in total. The van der Waals surface area contributed by atoms with E-state index in [1.807, 2.05) is 12.1 Å². The number of hydrogen-bond donors (Lipinski definition) is 2. The number of fused-ring (bicyclic) bond motifs is 2. The highest BCUT2D eigenvalue weighted by Crippen LogP contribution is 2.30. The number of sulfone groups is 1. The fraction of sp³-hybridized carbons (Fsp3) is 0.188. The zero-order valence-electron chi connectivity index (χ0n) is 14.0. The second-order valence-corrected chi connectivity index (χ2v) is 9.22. The second-order valence-electron chi connectivity index (χ2n) is 6.09. The van der Waals surface area contributed by atoms with Crippen LogP contribution in [0.5, 0.6) is 0 Å². The number of hydrogen-bond acceptors (Lipinski definition) is 6. The largest absolute Gasteiger partial charge is 0.369 e. The summed E-state index contributed by atoms with van der Waals surface area (Å²) in [5, 5.41) is 9.53. The number of nitrogens with zero attached hydrogens (tertiary/aromatic N) is 4. The normalized spacial score (nSPS) is 15.4. The first-order valence-corrected chi connectivity index (χ1v) is 10.9. The summed E-state index contributed by atoms with van der Waals surface area (Å²) in [6, 6.07) is 5.54. The fourth-order valence-electron chi connectivity index (χ4n) is 3.11. The first-order valence-electron chi connectivity index (χ1n) is 7.96. The lowest BCUT2D eigenvalue weighted by Gasteiger charge is -2.07. The first kappa shape index (κ1) is 18.0. The monoisotopic (exact) mass is 422 g/mol. The Hall–Kier alpha value is -2.43. The predicted octanol–water partition coefficient (Wildman–Crippen LogP) is 1.95. The molecule has 4 rings (SSSR count). The van der Waals surface area contributed by atoms with Crippen molar-refractivity contribution in [3.63, 3.8) is 0 Å². The van der Waals surface area contributed by atoms with Crippen LogP contribution in [0.3, 0.4) is 0 Å². The Kier molecular flexibility index (Phi) is 4.41. The van der Waals surface area contributed by atoms with E-state index < -0.39 is 9.84 Å². The van der Waals surface area contributed by atoms with Crippen molar-refractivity contribution in [1.29, 1.82) is 0 Å². The molecule has 0 aliphatic heterocycles. The van der Waals surface area contributed by atoms with Gasteiger partial charge in [0, 0.05) is 17.1 Å². The van der Waals surface area contributed by atoms with Gasteiger partial charge in [-0.05, 0) is 30.0 Å². The summed E-state index contributed by atoms with van der Waals surface area (Å²) in [6.45, 7) is 0. The lowest BCUT2D eigenvalue weighted by molar-refractivity contribution is 0.590. The van der Waals surface area contributed by atoms with E-state index in [0.29, 0.717) is 16.9 Å². The van der Waals surface area contributed by atoms with E-state index in [-0.39, 0.29) is 21.9 Å². The number of benzene rings is 1. The highest BCUT2D eigenvalue weighted by atomic mass is 35.5. The number of halogens is 1. The molecule has 0 unspecified atom stereocenters. The number of thiazole rings is 1. The molecule has 0 atom stereocenters. The van der Waals surface area contributed by atoms with Crippen LogP contribution in [-0.4, -0.2) is 29.5 Å². The van der Waals surface area contributed by atoms with Gasteiger partial charge < -0.3 is 11.5 Å². The molecular weight excluding hydrogens is 408 g/mol. The smallest absolute Gasteiger partial charge is 0.211 e. The molecule has 1 aromatic carbocycles. The van der Waals surface area contributed by atoms with Gasteiger partial charge in [0.1, 0.15) is 0 Å². The summed E-state index contributed by atoms with van der Waals surface area (Å²) in [5.74, 6) is -0.316. The lowest BCUT2D eigenvalue weighted by atomic mass is 10.1. The van der Waals surface area contributed by atoms with Gasteiger partial charge in [0.25, 0.3) is 0 Å². The molecule has 4 N–H and O–H groups in total. The van der Waals surface area contributed by atoms with Gasteiger partial charge in [0.15, 0.2) is 15.1 Å². The van der Waals surface area contributed by atoms with E-state index in [2.05, 4.69) is 15.2 Å². The molecule has 2 heterocycles. The maximum Gasteiger partial charge on any atom is 0.211 e. The van der Waals surface area contributed by atoms with Crippen molar-refractivity contribution in [3.05, 3.63) is 51.6 Å². The summed E-state index contributed by atoms with van der Waals surface area (Å²) in [5.41, 5.74) is 14.0. The van der Waals surface area contributed by atoms with Crippen molar-refractivity contribution >= 4 is 49.4 Å². The van der Waals surface area contributed by atoms with Crippen LogP contribution in [0, 0.1) is 0 Å². The molecule has 0 saturated heterocycles. The quantitative estimate of drug-likeness (QED) is 0.377. The molecule has 0 fully saturated rings. The summed E-state index contributed by atoms with van der Waals surface area (Å²) in [4.78, 5) is 4.64. The average Bonchev–Trinajstić information content (AvgIpc) is 3.26. The first-order chi connectivity index (χ1) is 12.8. The van der Waals surface area contributed by atoms with Crippen molar-refractivity contribution in [2.24, 2.45) is 21.7 Å². The van der Waals surface area contributed by atoms with Crippen molar-refractivity contribution in [2.75, 3.05) is 0 Å². The Bertz CT molecular complexity index is 1200. The van der Waals surface area contributed by atoms with Gasteiger partial charge in [0.2, 0.25) is 15.8 Å². The molecule has 1 aliphatic carbocycles. The maximum atomic E-state index is 13.0. The van der Waals surface area contributed by atoms with Gasteiger partial charge in [-0.15, -0.1) is 16.4 Å². The van der Waals surface area contributed by atoms with E-state index in [4.69, 9.17) is 23.1 Å². The van der Waals surface area contributed by atoms with Crippen LogP contribution in [0.2, 0.25) is 5.15 Å². The highest BCUT2D eigenvalue weighted by molar-refractivity contribution is 7.90. The summed E-state index contributed by atoms with van der Waals surface area (Å²) < 4.78 is 27.4. The minimum atomic E-state index is -3.69. The molecule has 0 amide bonds. The van der Waals surface area contributed by atoms with Gasteiger partial charge in [-0.2, -0.15) is 5.10 Å². The molecule has 1 aliphatic rings. The number of rotatable bonds is 4. The number of nitrogens with two attached hydrogens (primary N) is 2. The Morgan fingerprint density at radius 1 is 1.33 bits per heavy atom. The van der Waals surface area contributed by atoms with Gasteiger partial charge in [-0.25, -0.2) is 13.4 Å². The number of aryl methyl sites for hydroxylation is 1. The Balaban J connectivity index is 1.71. The standard InChI is InChI=1S/C16H15ClN6O2S2/c17-13-14(23-5-6-26-16(23)20-13)27(24,25)8-9-1-2-10-3-4-12(11(10)7-9)21-22-15(18)19/h1-2,5-7H,3-4,8H2,(H4,18,19,22). The molecule has 3 aromatic rings. The van der Waals surface area contributed by atoms with Crippen LogP contribution >= 0.6 is 22.9 Å². The van der Waals surface area contributed by atoms with Crippen LogP contribution in [0.25, 0.3) is 4.96 Å². The van der Waals surface area contributed by atoms with E-state index in [1.54, 1.807) is 17.6 Å². The van der Waals surface area contributed by atoms with Gasteiger partial charge >= 0.3 is 0 Å². The van der Waals surface area contributed by atoms with Crippen molar-refractivity contribution in [2.45, 2.75) is 23.6 Å². The minimum absolute atomic E-state index is 0.00955. The van der Waals surface area contributed by atoms with E-state index in [9.17, 15) is 8.42 Å². The topological polar surface area (TPSA) is 128 Å². The Labute approximate surface area is 164 Å². The Morgan fingerprint density at radius 3 is 2.93 bits per heavy atom. The van der Waals surface area contributed by atoms with Crippen LogP contribution in [0.1, 0.15) is 23.1 Å². The third-order valence-electron chi connectivity index (χ3n) is 4.23. The number of imidazole rings is 1. The number of aromatic nitrogens is 2. The molecule has 27 heavy (non-hydrogen) atoms. The number of guanidine groups is 1. The van der Waals surface area contributed by atoms with E-state index in [1.165, 1.54) is 15.7 Å². The third kappa shape index (κ3) is 3.31. The fourth-order valence-corrected chi connectivity index (χ4v) is 5.96. The molecule has 0 radical (unpaired) electrons. The third-order valence-corrected chi connectivity index (χ3v) is 7.06. The van der Waals surface area contributed by atoms with E-state index in [0.717, 1.165) is 23.3 Å². The van der Waals surface area contributed by atoms with Crippen LogP contribution in [0.4, 0.5) is 0 Å². The molecule has 11 heteroatoms. The predicted molar refractivity (Wildman–Crippen MR) is 106 cm³/mol. The molecule has 0 saturated carbocycles. The second kappa shape index (κ2) is 6.63. The Morgan fingerprint density at radius 2 is 2.15 bits per heavy atom. The van der Waals surface area contributed by atoms with Crippen molar-refractivity contribution in [1.82, 2.24) is 9.38 Å². The SMILES string of the molecule is NC(N)=NN=C1CCc2ccc(CS(=O)(=O)c3c(Cl)nc4sccn34)cc21. The maximum absolute atomic E-state index is 13.0. The van der Waals surface area contributed by atoms with Gasteiger partial charge in [-0.1, -0.05) is 23.7 Å². The molecule has 140 valence electrons. The van der Waals surface area contributed by atoms with E-state index >= 15 is 0 Å². The summed E-state index contributed by atoms with van der Waals surface area (Å²) >= 11 is 7.41. The summed E-state index contributed by atoms with van der Waals surface area (Å²) in [6.07, 6.45) is 3.16. The average molecular weight is 423 g/mol. The van der Waals surface area contributed by atoms with Gasteiger partial charge in [-0.3, -0.25) is 4.40 Å². The van der Waals surface area contributed by atoms with Crippen molar-refractivity contribution in [3.8, 4) is 0 Å². The molecular formula is C16H15ClN6O2S2. The zero-order valence-corrected chi connectivity index (χ0v) is 16.4. The molecule has 0 spiro atoms. The van der Waals surface area contributed by atoms with Crippen LogP contribution in [-0.2, 0) is 22.0 Å². The van der Waals surface area contributed by atoms with Crippen LogP contribution in [0.15, 0.2) is 45.0 Å². The summed E-state index contributed by atoms with van der Waals surface area (Å²) in [7, 11) is -3.69. The van der Waals surface area contributed by atoms with Crippen LogP contribution < -0.4 is 11.5 Å². The highest BCUT2D eigenvalue weighted by Gasteiger charge is 2.26. The molecule has 2 aromatic heterocycles. The zero-order chi connectivity index (χ0) is 19.2. The minimum Gasteiger partial charge on any atom is -0.369 e. The van der Waals surface area contributed by atoms with Crippen molar-refractivity contribution < 1.29 is 8.42 Å². The lowest BCUT2D eigenvalue weighted by Crippen LogP contribution is -2.22.